The number of imidazole rings is 1. The van der Waals surface area contributed by atoms with Crippen molar-refractivity contribution in [2.45, 2.75) is 45.9 Å². The number of carbonyl (C=O) groups is 2. The lowest BCUT2D eigenvalue weighted by atomic mass is 9.99. The predicted octanol–water partition coefficient (Wildman–Crippen LogP) is 6.30. The Morgan fingerprint density at radius 1 is 1.00 bits per heavy atom. The highest BCUT2D eigenvalue weighted by Gasteiger charge is 2.18. The molecule has 0 amide bonds. The molecule has 2 aromatic heterocycles. The van der Waals surface area contributed by atoms with Crippen LogP contribution in [-0.4, -0.2) is 31.7 Å². The Balaban J connectivity index is 1.56. The average Bonchev–Trinajstić information content (AvgIpc) is 3.48. The molecular formula is C28H27ClN2O6. The Labute approximate surface area is 219 Å². The summed E-state index contributed by atoms with van der Waals surface area (Å²) in [5.74, 6) is -0.970. The van der Waals surface area contributed by atoms with Gasteiger partial charge in [0.1, 0.15) is 23.8 Å². The Bertz CT molecular complexity index is 1390. The molecule has 2 heterocycles. The summed E-state index contributed by atoms with van der Waals surface area (Å²) in [4.78, 5) is 27.5. The smallest absolute Gasteiger partial charge is 0.339 e. The fourth-order valence-corrected chi connectivity index (χ4v) is 4.39. The molecule has 0 aliphatic carbocycles. The summed E-state index contributed by atoms with van der Waals surface area (Å²) < 4.78 is 13.1. The number of aromatic nitrogens is 2. The molecule has 0 unspecified atom stereocenters. The van der Waals surface area contributed by atoms with E-state index < -0.39 is 11.9 Å². The molecule has 0 fully saturated rings. The van der Waals surface area contributed by atoms with Crippen molar-refractivity contribution in [1.82, 2.24) is 9.55 Å². The third-order valence-corrected chi connectivity index (χ3v) is 6.37. The Morgan fingerprint density at radius 2 is 1.73 bits per heavy atom. The van der Waals surface area contributed by atoms with Gasteiger partial charge in [0, 0.05) is 13.0 Å². The number of rotatable bonds is 12. The molecule has 2 aromatic carbocycles. The number of carboxylic acids is 2. The third kappa shape index (κ3) is 6.10. The van der Waals surface area contributed by atoms with Crippen molar-refractivity contribution >= 4 is 23.5 Å². The average molecular weight is 523 g/mol. The van der Waals surface area contributed by atoms with Crippen LogP contribution in [0.2, 0.25) is 5.15 Å². The van der Waals surface area contributed by atoms with Crippen LogP contribution >= 0.6 is 11.6 Å². The van der Waals surface area contributed by atoms with Crippen molar-refractivity contribution in [3.63, 3.8) is 0 Å². The summed E-state index contributed by atoms with van der Waals surface area (Å²) >= 11 is 6.50. The van der Waals surface area contributed by atoms with Gasteiger partial charge >= 0.3 is 11.9 Å². The van der Waals surface area contributed by atoms with Crippen LogP contribution in [-0.2, 0) is 30.9 Å². The fourth-order valence-electron chi connectivity index (χ4n) is 4.13. The lowest BCUT2D eigenvalue weighted by Crippen LogP contribution is -2.11. The lowest BCUT2D eigenvalue weighted by molar-refractivity contribution is 0.0664. The molecule has 2 N–H and O–H groups in total. The molecule has 0 atom stereocenters. The first-order valence-electron chi connectivity index (χ1n) is 11.9. The largest absolute Gasteiger partial charge is 0.478 e. The van der Waals surface area contributed by atoms with E-state index in [1.165, 1.54) is 12.3 Å². The number of hydrogen-bond acceptors (Lipinski definition) is 5. The van der Waals surface area contributed by atoms with E-state index in [2.05, 4.69) is 11.9 Å². The molecule has 0 bridgehead atoms. The molecule has 192 valence electrons. The minimum atomic E-state index is -1.08. The van der Waals surface area contributed by atoms with Crippen LogP contribution in [0.5, 0.6) is 0 Å². The SMILES string of the molecule is CCCCc1nc(Cl)c(COCc2occc2C(=O)O)n1Cc1ccc(-c2ccccc2C(=O)O)cc1. The van der Waals surface area contributed by atoms with Gasteiger partial charge in [0.05, 0.1) is 24.1 Å². The van der Waals surface area contributed by atoms with Crippen LogP contribution < -0.4 is 0 Å². The quantitative estimate of drug-likeness (QED) is 0.224. The van der Waals surface area contributed by atoms with E-state index in [9.17, 15) is 19.8 Å². The van der Waals surface area contributed by atoms with Crippen LogP contribution in [0.1, 0.15) is 63.3 Å². The van der Waals surface area contributed by atoms with E-state index in [0.717, 1.165) is 36.2 Å². The zero-order chi connectivity index (χ0) is 26.4. The molecule has 4 rings (SSSR count). The van der Waals surface area contributed by atoms with Gasteiger partial charge in [0.2, 0.25) is 0 Å². The molecule has 4 aromatic rings. The third-order valence-electron chi connectivity index (χ3n) is 6.07. The van der Waals surface area contributed by atoms with Crippen LogP contribution in [0.3, 0.4) is 0 Å². The van der Waals surface area contributed by atoms with Gasteiger partial charge in [-0.2, -0.15) is 0 Å². The molecule has 9 heteroatoms. The van der Waals surface area contributed by atoms with Crippen molar-refractivity contribution < 1.29 is 29.0 Å². The molecule has 0 radical (unpaired) electrons. The van der Waals surface area contributed by atoms with Gasteiger partial charge < -0.3 is 23.9 Å². The first-order valence-corrected chi connectivity index (χ1v) is 12.3. The van der Waals surface area contributed by atoms with E-state index in [0.29, 0.717) is 23.0 Å². The molecule has 0 aliphatic heterocycles. The number of aryl methyl sites for hydroxylation is 1. The Kier molecular flexibility index (Phi) is 8.43. The van der Waals surface area contributed by atoms with E-state index in [-0.39, 0.29) is 30.1 Å². The summed E-state index contributed by atoms with van der Waals surface area (Å²) in [5.41, 5.74) is 3.46. The highest BCUT2D eigenvalue weighted by Crippen LogP contribution is 2.26. The number of halogens is 1. The molecule has 0 saturated carbocycles. The summed E-state index contributed by atoms with van der Waals surface area (Å²) in [7, 11) is 0. The highest BCUT2D eigenvalue weighted by atomic mass is 35.5. The van der Waals surface area contributed by atoms with Gasteiger partial charge in [-0.15, -0.1) is 0 Å². The highest BCUT2D eigenvalue weighted by molar-refractivity contribution is 6.30. The second-order valence-corrected chi connectivity index (χ2v) is 8.92. The second-order valence-electron chi connectivity index (χ2n) is 8.56. The van der Waals surface area contributed by atoms with Gasteiger partial charge in [0.25, 0.3) is 0 Å². The number of hydrogen-bond donors (Lipinski definition) is 2. The number of unbranched alkanes of at least 4 members (excludes halogenated alkanes) is 1. The number of nitrogens with zero attached hydrogens (tertiary/aromatic N) is 2. The number of aromatic carboxylic acids is 2. The van der Waals surface area contributed by atoms with E-state index >= 15 is 0 Å². The molecule has 8 nitrogen and oxygen atoms in total. The fraction of sp³-hybridized carbons (Fsp3) is 0.250. The molecule has 37 heavy (non-hydrogen) atoms. The zero-order valence-electron chi connectivity index (χ0n) is 20.3. The van der Waals surface area contributed by atoms with Gasteiger partial charge in [-0.3, -0.25) is 0 Å². The van der Waals surface area contributed by atoms with Crippen LogP contribution in [0.15, 0.2) is 65.3 Å². The summed E-state index contributed by atoms with van der Waals surface area (Å²) in [5, 5.41) is 19.1. The minimum Gasteiger partial charge on any atom is -0.478 e. The second kappa shape index (κ2) is 11.9. The van der Waals surface area contributed by atoms with Gasteiger partial charge in [0.15, 0.2) is 5.15 Å². The maximum absolute atomic E-state index is 11.6. The standard InChI is InChI=1S/C28H27ClN2O6/c1-2-3-8-25-30-26(29)23(16-36-17-24-22(28(34)35)13-14-37-24)31(25)15-18-9-11-19(12-10-18)20-6-4-5-7-21(20)27(32)33/h4-7,9-14H,2-3,8,15-17H2,1H3,(H,32,33)(H,34,35). The van der Waals surface area contributed by atoms with Crippen molar-refractivity contribution in [3.8, 4) is 11.1 Å². The van der Waals surface area contributed by atoms with Crippen molar-refractivity contribution in [3.05, 3.63) is 100.0 Å². The zero-order valence-corrected chi connectivity index (χ0v) is 21.1. The van der Waals surface area contributed by atoms with Crippen molar-refractivity contribution in [1.29, 1.82) is 0 Å². The van der Waals surface area contributed by atoms with Crippen LogP contribution in [0.4, 0.5) is 0 Å². The first kappa shape index (κ1) is 26.2. The van der Waals surface area contributed by atoms with Gasteiger partial charge in [-0.25, -0.2) is 14.6 Å². The predicted molar refractivity (Wildman–Crippen MR) is 138 cm³/mol. The summed E-state index contributed by atoms with van der Waals surface area (Å²) in [6, 6.07) is 16.0. The Hall–Kier alpha value is -3.88. The van der Waals surface area contributed by atoms with Gasteiger partial charge in [-0.05, 0) is 35.2 Å². The first-order chi connectivity index (χ1) is 17.9. The maximum atomic E-state index is 11.6. The van der Waals surface area contributed by atoms with E-state index in [1.54, 1.807) is 18.2 Å². The number of carboxylic acid groups (broad SMARTS) is 2. The molecule has 0 saturated heterocycles. The minimum absolute atomic E-state index is 0.0158. The van der Waals surface area contributed by atoms with E-state index in [4.69, 9.17) is 20.8 Å². The summed E-state index contributed by atoms with van der Waals surface area (Å²) in [6.45, 7) is 2.72. The molecule has 0 aliphatic rings. The van der Waals surface area contributed by atoms with E-state index in [1.807, 2.05) is 34.9 Å². The maximum Gasteiger partial charge on any atom is 0.339 e. The Morgan fingerprint density at radius 3 is 2.43 bits per heavy atom. The van der Waals surface area contributed by atoms with Crippen LogP contribution in [0.25, 0.3) is 11.1 Å². The van der Waals surface area contributed by atoms with Crippen molar-refractivity contribution in [2.24, 2.45) is 0 Å². The molecule has 0 spiro atoms. The topological polar surface area (TPSA) is 115 Å². The number of benzene rings is 2. The van der Waals surface area contributed by atoms with Crippen molar-refractivity contribution in [2.75, 3.05) is 0 Å². The normalized spacial score (nSPS) is 11.1. The number of ether oxygens (including phenoxy) is 1. The number of furan rings is 1. The van der Waals surface area contributed by atoms with Gasteiger partial charge in [-0.1, -0.05) is 67.4 Å². The molecular weight excluding hydrogens is 496 g/mol. The van der Waals surface area contributed by atoms with Crippen LogP contribution in [0, 0.1) is 0 Å². The lowest BCUT2D eigenvalue weighted by Gasteiger charge is -2.14. The monoisotopic (exact) mass is 522 g/mol. The summed E-state index contributed by atoms with van der Waals surface area (Å²) in [6.07, 6.45) is 4.03.